The molecular formula is C17H13N5O2S. The van der Waals surface area contributed by atoms with E-state index in [9.17, 15) is 9.59 Å². The maximum atomic E-state index is 12.3. The Labute approximate surface area is 146 Å². The summed E-state index contributed by atoms with van der Waals surface area (Å²) in [4.78, 5) is 31.8. The van der Waals surface area contributed by atoms with Gasteiger partial charge in [-0.1, -0.05) is 30.3 Å². The molecule has 2 N–H and O–H groups in total. The molecule has 0 fully saturated rings. The van der Waals surface area contributed by atoms with Crippen LogP contribution in [0.2, 0.25) is 0 Å². The zero-order chi connectivity index (χ0) is 17.4. The fraction of sp³-hybridized carbons (Fsp3) is 0.0588. The molecule has 0 unspecified atom stereocenters. The van der Waals surface area contributed by atoms with Crippen molar-refractivity contribution in [1.29, 1.82) is 0 Å². The van der Waals surface area contributed by atoms with E-state index >= 15 is 0 Å². The van der Waals surface area contributed by atoms with E-state index in [4.69, 9.17) is 0 Å². The maximum absolute atomic E-state index is 12.3. The molecule has 3 heterocycles. The number of aryl methyl sites for hydroxylation is 1. The second-order valence-corrected chi connectivity index (χ2v) is 6.38. The van der Waals surface area contributed by atoms with Gasteiger partial charge in [0.25, 0.3) is 11.5 Å². The summed E-state index contributed by atoms with van der Waals surface area (Å²) in [5.74, 6) is 0.720. The summed E-state index contributed by atoms with van der Waals surface area (Å²) in [6.07, 6.45) is 0. The van der Waals surface area contributed by atoms with Gasteiger partial charge in [0, 0.05) is 11.6 Å². The van der Waals surface area contributed by atoms with Crippen LogP contribution < -0.4 is 10.9 Å². The van der Waals surface area contributed by atoms with Crippen molar-refractivity contribution in [2.24, 2.45) is 0 Å². The highest BCUT2D eigenvalue weighted by molar-refractivity contribution is 7.12. The first kappa shape index (κ1) is 15.3. The third kappa shape index (κ3) is 2.83. The van der Waals surface area contributed by atoms with Crippen molar-refractivity contribution in [2.75, 3.05) is 5.32 Å². The molecule has 8 heteroatoms. The summed E-state index contributed by atoms with van der Waals surface area (Å²) >= 11 is 1.32. The number of thiophene rings is 1. The van der Waals surface area contributed by atoms with Gasteiger partial charge in [0.05, 0.1) is 4.88 Å². The van der Waals surface area contributed by atoms with Crippen LogP contribution in [0.1, 0.15) is 15.2 Å². The molecule has 3 aromatic heterocycles. The number of nitrogens with zero attached hydrogens (tertiary/aromatic N) is 3. The maximum Gasteiger partial charge on any atom is 0.266 e. The smallest absolute Gasteiger partial charge is 0.266 e. The van der Waals surface area contributed by atoms with Gasteiger partial charge < -0.3 is 5.32 Å². The lowest BCUT2D eigenvalue weighted by molar-refractivity contribution is 0.103. The van der Waals surface area contributed by atoms with E-state index in [0.29, 0.717) is 10.7 Å². The number of aromatic nitrogens is 4. The summed E-state index contributed by atoms with van der Waals surface area (Å²) < 4.78 is 1.43. The highest BCUT2D eigenvalue weighted by Crippen LogP contribution is 2.21. The first-order valence-corrected chi connectivity index (χ1v) is 8.41. The highest BCUT2D eigenvalue weighted by Gasteiger charge is 2.15. The number of fused-ring (bicyclic) bond motifs is 1. The molecule has 7 nitrogen and oxygen atoms in total. The van der Waals surface area contributed by atoms with E-state index in [1.165, 1.54) is 21.9 Å². The molecule has 0 aliphatic rings. The van der Waals surface area contributed by atoms with Crippen LogP contribution in [0.5, 0.6) is 0 Å². The molecule has 1 aromatic carbocycles. The summed E-state index contributed by atoms with van der Waals surface area (Å²) in [6, 6.07) is 12.5. The van der Waals surface area contributed by atoms with Gasteiger partial charge in [0.15, 0.2) is 5.82 Å². The van der Waals surface area contributed by atoms with E-state index in [1.807, 2.05) is 36.6 Å². The number of rotatable bonds is 3. The van der Waals surface area contributed by atoms with Crippen LogP contribution in [-0.2, 0) is 0 Å². The number of amides is 1. The van der Waals surface area contributed by atoms with E-state index in [0.717, 1.165) is 11.1 Å². The quantitative estimate of drug-likeness (QED) is 0.593. The van der Waals surface area contributed by atoms with Crippen molar-refractivity contribution in [1.82, 2.24) is 19.6 Å². The van der Waals surface area contributed by atoms with E-state index < -0.39 is 0 Å². The predicted octanol–water partition coefficient (Wildman–Crippen LogP) is 2.71. The molecule has 0 saturated carbocycles. The van der Waals surface area contributed by atoms with E-state index in [2.05, 4.69) is 20.4 Å². The number of benzene rings is 1. The van der Waals surface area contributed by atoms with Gasteiger partial charge in [0.2, 0.25) is 5.78 Å². The van der Waals surface area contributed by atoms with Gasteiger partial charge >= 0.3 is 0 Å². The van der Waals surface area contributed by atoms with Crippen LogP contribution >= 0.6 is 11.3 Å². The zero-order valence-electron chi connectivity index (χ0n) is 13.2. The summed E-state index contributed by atoms with van der Waals surface area (Å²) in [6.45, 7) is 1.96. The molecule has 0 aliphatic heterocycles. The van der Waals surface area contributed by atoms with Gasteiger partial charge in [-0.3, -0.25) is 14.6 Å². The molecule has 25 heavy (non-hydrogen) atoms. The number of carbonyl (C=O) groups excluding carboxylic acids is 1. The number of hydrogen-bond donors (Lipinski definition) is 2. The molecular weight excluding hydrogens is 338 g/mol. The molecule has 124 valence electrons. The Hall–Kier alpha value is -3.26. The van der Waals surface area contributed by atoms with Gasteiger partial charge in [-0.25, -0.2) is 0 Å². The van der Waals surface area contributed by atoms with Crippen molar-refractivity contribution < 1.29 is 4.79 Å². The molecule has 0 atom stereocenters. The topological polar surface area (TPSA) is 92.1 Å². The Morgan fingerprint density at radius 3 is 2.84 bits per heavy atom. The van der Waals surface area contributed by atoms with Crippen LogP contribution in [0, 0.1) is 6.92 Å². The molecule has 0 saturated heterocycles. The monoisotopic (exact) mass is 351 g/mol. The lowest BCUT2D eigenvalue weighted by Crippen LogP contribution is -2.18. The normalized spacial score (nSPS) is 10.9. The molecule has 1 amide bonds. The largest absolute Gasteiger partial charge is 0.306 e. The standard InChI is InChI=1S/C17H13N5O2S/c1-10-5-2-3-6-11(10)15-20-17-19-14(23)9-13(22(17)21-15)18-16(24)12-7-4-8-25-12/h2-9H,1H3,(H,18,24)(H,19,20,21,23). The van der Waals surface area contributed by atoms with Crippen molar-refractivity contribution in [3.63, 3.8) is 0 Å². The Kier molecular flexibility index (Phi) is 3.66. The average molecular weight is 351 g/mol. The molecule has 4 aromatic rings. The van der Waals surface area contributed by atoms with Crippen LogP contribution in [0.15, 0.2) is 52.6 Å². The Bertz CT molecular complexity index is 1130. The van der Waals surface area contributed by atoms with Gasteiger partial charge in [-0.15, -0.1) is 16.4 Å². The number of nitrogens with one attached hydrogen (secondary N) is 2. The molecule has 0 aliphatic carbocycles. The fourth-order valence-corrected chi connectivity index (χ4v) is 3.12. The number of aromatic amines is 1. The minimum Gasteiger partial charge on any atom is -0.306 e. The average Bonchev–Trinajstić information content (AvgIpc) is 3.24. The third-order valence-electron chi connectivity index (χ3n) is 3.71. The molecule has 0 radical (unpaired) electrons. The Morgan fingerprint density at radius 2 is 2.08 bits per heavy atom. The highest BCUT2D eigenvalue weighted by atomic mass is 32.1. The van der Waals surface area contributed by atoms with Gasteiger partial charge in [-0.2, -0.15) is 9.50 Å². The predicted molar refractivity (Wildman–Crippen MR) is 96.1 cm³/mol. The van der Waals surface area contributed by atoms with Crippen LogP contribution in [0.25, 0.3) is 17.2 Å². The van der Waals surface area contributed by atoms with Crippen molar-refractivity contribution in [2.45, 2.75) is 6.92 Å². The second kappa shape index (κ2) is 5.99. The second-order valence-electron chi connectivity index (χ2n) is 5.44. The van der Waals surface area contributed by atoms with Crippen molar-refractivity contribution >= 4 is 28.8 Å². The van der Waals surface area contributed by atoms with E-state index in [1.54, 1.807) is 12.1 Å². The summed E-state index contributed by atoms with van der Waals surface area (Å²) in [5, 5.41) is 8.98. The first-order chi connectivity index (χ1) is 12.1. The molecule has 4 rings (SSSR count). The zero-order valence-corrected chi connectivity index (χ0v) is 14.0. The number of H-pyrrole nitrogens is 1. The fourth-order valence-electron chi connectivity index (χ4n) is 2.51. The Balaban J connectivity index is 1.81. The first-order valence-electron chi connectivity index (χ1n) is 7.53. The SMILES string of the molecule is Cc1ccccc1-c1nc2[nH]c(=O)cc(NC(=O)c3cccs3)n2n1. The van der Waals surface area contributed by atoms with Crippen LogP contribution in [-0.4, -0.2) is 25.5 Å². The van der Waals surface area contributed by atoms with Crippen LogP contribution in [0.3, 0.4) is 0 Å². The Morgan fingerprint density at radius 1 is 1.24 bits per heavy atom. The number of hydrogen-bond acceptors (Lipinski definition) is 5. The minimum absolute atomic E-state index is 0.268. The number of carbonyl (C=O) groups is 1. The minimum atomic E-state index is -0.363. The summed E-state index contributed by atoms with van der Waals surface area (Å²) in [7, 11) is 0. The third-order valence-corrected chi connectivity index (χ3v) is 4.58. The van der Waals surface area contributed by atoms with Gasteiger partial charge in [0.1, 0.15) is 5.82 Å². The van der Waals surface area contributed by atoms with E-state index in [-0.39, 0.29) is 23.1 Å². The van der Waals surface area contributed by atoms with Gasteiger partial charge in [-0.05, 0) is 23.9 Å². The number of anilines is 1. The van der Waals surface area contributed by atoms with Crippen molar-refractivity contribution in [3.8, 4) is 11.4 Å². The molecule has 0 bridgehead atoms. The van der Waals surface area contributed by atoms with Crippen LogP contribution in [0.4, 0.5) is 5.82 Å². The lowest BCUT2D eigenvalue weighted by Gasteiger charge is -2.04. The summed E-state index contributed by atoms with van der Waals surface area (Å²) in [5.41, 5.74) is 1.52. The molecule has 0 spiro atoms. The lowest BCUT2D eigenvalue weighted by atomic mass is 10.1. The van der Waals surface area contributed by atoms with Crippen molar-refractivity contribution in [3.05, 3.63) is 68.6 Å².